The molecule has 0 aromatic heterocycles. The summed E-state index contributed by atoms with van der Waals surface area (Å²) in [5.41, 5.74) is 5.42. The summed E-state index contributed by atoms with van der Waals surface area (Å²) in [7, 11) is 0. The van der Waals surface area contributed by atoms with E-state index in [0.29, 0.717) is 18.8 Å². The topological polar surface area (TPSA) is 67.6 Å². The standard InChI is InChI=1S/C15H21F2N3O2/c1-15(2,18)13(21)19-10-7-8-20(9-10)11-5-3-4-6-12(11)22-14(16)17/h3-6,10,14H,7-9,18H2,1-2H3,(H,19,21). The molecule has 2 rings (SSSR count). The summed E-state index contributed by atoms with van der Waals surface area (Å²) < 4.78 is 29.5. The Morgan fingerprint density at radius 2 is 2.14 bits per heavy atom. The number of rotatable bonds is 5. The van der Waals surface area contributed by atoms with Gasteiger partial charge in [-0.1, -0.05) is 12.1 Å². The number of hydrogen-bond donors (Lipinski definition) is 2. The Bertz CT molecular complexity index is 532. The fourth-order valence-electron chi connectivity index (χ4n) is 2.38. The molecule has 0 radical (unpaired) electrons. The van der Waals surface area contributed by atoms with Crippen LogP contribution >= 0.6 is 0 Å². The van der Waals surface area contributed by atoms with Gasteiger partial charge in [-0.2, -0.15) is 8.78 Å². The molecule has 1 aliphatic rings. The number of ether oxygens (including phenoxy) is 1. The Balaban J connectivity index is 2.03. The van der Waals surface area contributed by atoms with Gasteiger partial charge in [0.05, 0.1) is 11.2 Å². The van der Waals surface area contributed by atoms with E-state index in [9.17, 15) is 13.6 Å². The zero-order valence-electron chi connectivity index (χ0n) is 12.7. The molecule has 1 aliphatic heterocycles. The van der Waals surface area contributed by atoms with Crippen molar-refractivity contribution in [2.45, 2.75) is 38.5 Å². The average Bonchev–Trinajstić information content (AvgIpc) is 2.86. The van der Waals surface area contributed by atoms with Gasteiger partial charge >= 0.3 is 6.61 Å². The summed E-state index contributed by atoms with van der Waals surface area (Å²) in [4.78, 5) is 13.8. The lowest BCUT2D eigenvalue weighted by Gasteiger charge is -2.23. The maximum atomic E-state index is 12.5. The van der Waals surface area contributed by atoms with Crippen LogP contribution in [0.25, 0.3) is 0 Å². The van der Waals surface area contributed by atoms with Gasteiger partial charge in [-0.15, -0.1) is 0 Å². The summed E-state index contributed by atoms with van der Waals surface area (Å²) in [6, 6.07) is 6.59. The molecule has 1 fully saturated rings. The summed E-state index contributed by atoms with van der Waals surface area (Å²) in [5, 5.41) is 2.88. The largest absolute Gasteiger partial charge is 0.433 e. The van der Waals surface area contributed by atoms with E-state index in [1.165, 1.54) is 6.07 Å². The van der Waals surface area contributed by atoms with Crippen LogP contribution in [-0.2, 0) is 4.79 Å². The number of carbonyl (C=O) groups excluding carboxylic acids is 1. The third-order valence-corrected chi connectivity index (χ3v) is 3.53. The van der Waals surface area contributed by atoms with Crippen LogP contribution in [0, 0.1) is 0 Å². The Morgan fingerprint density at radius 3 is 2.77 bits per heavy atom. The summed E-state index contributed by atoms with van der Waals surface area (Å²) >= 11 is 0. The molecular formula is C15H21F2N3O2. The number of para-hydroxylation sites is 2. The smallest absolute Gasteiger partial charge is 0.387 e. The third-order valence-electron chi connectivity index (χ3n) is 3.53. The first kappa shape index (κ1) is 16.5. The molecule has 5 nitrogen and oxygen atoms in total. The first-order chi connectivity index (χ1) is 10.3. The van der Waals surface area contributed by atoms with Crippen molar-refractivity contribution in [2.75, 3.05) is 18.0 Å². The lowest BCUT2D eigenvalue weighted by atomic mass is 10.1. The van der Waals surface area contributed by atoms with E-state index in [1.807, 2.05) is 4.90 Å². The SMILES string of the molecule is CC(C)(N)C(=O)NC1CCN(c2ccccc2OC(F)F)C1. The lowest BCUT2D eigenvalue weighted by molar-refractivity contribution is -0.125. The highest BCUT2D eigenvalue weighted by atomic mass is 19.3. The highest BCUT2D eigenvalue weighted by Gasteiger charge is 2.30. The van der Waals surface area contributed by atoms with Gasteiger partial charge in [0, 0.05) is 19.1 Å². The molecule has 3 N–H and O–H groups in total. The van der Waals surface area contributed by atoms with Gasteiger partial charge in [0.2, 0.25) is 5.91 Å². The van der Waals surface area contributed by atoms with Crippen molar-refractivity contribution in [1.29, 1.82) is 0 Å². The second-order valence-electron chi connectivity index (χ2n) is 5.97. The molecule has 1 heterocycles. The van der Waals surface area contributed by atoms with Gasteiger partial charge in [-0.05, 0) is 32.4 Å². The van der Waals surface area contributed by atoms with Crippen LogP contribution in [0.3, 0.4) is 0 Å². The Morgan fingerprint density at radius 1 is 1.45 bits per heavy atom. The fourth-order valence-corrected chi connectivity index (χ4v) is 2.38. The second kappa shape index (κ2) is 6.48. The van der Waals surface area contributed by atoms with Gasteiger partial charge in [0.25, 0.3) is 0 Å². The van der Waals surface area contributed by atoms with Crippen molar-refractivity contribution in [3.63, 3.8) is 0 Å². The van der Waals surface area contributed by atoms with Crippen molar-refractivity contribution < 1.29 is 18.3 Å². The number of nitrogens with one attached hydrogen (secondary N) is 1. The van der Waals surface area contributed by atoms with Crippen LogP contribution in [0.2, 0.25) is 0 Å². The summed E-state index contributed by atoms with van der Waals surface area (Å²) in [5.74, 6) is -0.0832. The molecule has 122 valence electrons. The number of nitrogens with zero attached hydrogens (tertiary/aromatic N) is 1. The minimum Gasteiger partial charge on any atom is -0.433 e. The van der Waals surface area contributed by atoms with Crippen molar-refractivity contribution in [2.24, 2.45) is 5.73 Å². The molecular weight excluding hydrogens is 292 g/mol. The van der Waals surface area contributed by atoms with E-state index in [0.717, 1.165) is 6.42 Å². The van der Waals surface area contributed by atoms with E-state index in [2.05, 4.69) is 10.1 Å². The molecule has 1 unspecified atom stereocenters. The normalized spacial score (nSPS) is 18.6. The van der Waals surface area contributed by atoms with Crippen LogP contribution in [0.15, 0.2) is 24.3 Å². The molecule has 1 saturated heterocycles. The number of amides is 1. The van der Waals surface area contributed by atoms with Gasteiger partial charge in [-0.3, -0.25) is 4.79 Å². The van der Waals surface area contributed by atoms with Gasteiger partial charge in [0.15, 0.2) is 0 Å². The second-order valence-corrected chi connectivity index (χ2v) is 5.97. The number of anilines is 1. The molecule has 0 aliphatic carbocycles. The fraction of sp³-hybridized carbons (Fsp3) is 0.533. The van der Waals surface area contributed by atoms with Gasteiger partial charge in [0.1, 0.15) is 5.75 Å². The maximum Gasteiger partial charge on any atom is 0.387 e. The quantitative estimate of drug-likeness (QED) is 0.868. The van der Waals surface area contributed by atoms with Crippen molar-refractivity contribution in [3.8, 4) is 5.75 Å². The van der Waals surface area contributed by atoms with Crippen LogP contribution in [-0.4, -0.2) is 37.2 Å². The number of nitrogens with two attached hydrogens (primary N) is 1. The molecule has 1 amide bonds. The van der Waals surface area contributed by atoms with Crippen LogP contribution in [0.5, 0.6) is 5.75 Å². The highest BCUT2D eigenvalue weighted by molar-refractivity contribution is 5.85. The first-order valence-corrected chi connectivity index (χ1v) is 7.16. The van der Waals surface area contributed by atoms with Crippen LogP contribution in [0.4, 0.5) is 14.5 Å². The van der Waals surface area contributed by atoms with E-state index in [4.69, 9.17) is 5.73 Å². The van der Waals surface area contributed by atoms with E-state index < -0.39 is 12.2 Å². The minimum absolute atomic E-state index is 0.0602. The zero-order valence-corrected chi connectivity index (χ0v) is 12.7. The van der Waals surface area contributed by atoms with Gasteiger partial charge in [-0.25, -0.2) is 0 Å². The predicted molar refractivity (Wildman–Crippen MR) is 80.1 cm³/mol. The lowest BCUT2D eigenvalue weighted by Crippen LogP contribution is -2.52. The average molecular weight is 313 g/mol. The van der Waals surface area contributed by atoms with Crippen LogP contribution in [0.1, 0.15) is 20.3 Å². The zero-order chi connectivity index (χ0) is 16.3. The van der Waals surface area contributed by atoms with Crippen molar-refractivity contribution in [3.05, 3.63) is 24.3 Å². The molecule has 1 aromatic rings. The van der Waals surface area contributed by atoms with Crippen LogP contribution < -0.4 is 20.7 Å². The highest BCUT2D eigenvalue weighted by Crippen LogP contribution is 2.31. The number of carbonyl (C=O) groups is 1. The van der Waals surface area contributed by atoms with Crippen molar-refractivity contribution >= 4 is 11.6 Å². The van der Waals surface area contributed by atoms with Crippen molar-refractivity contribution in [1.82, 2.24) is 5.32 Å². The molecule has 0 bridgehead atoms. The first-order valence-electron chi connectivity index (χ1n) is 7.16. The van der Waals surface area contributed by atoms with E-state index in [-0.39, 0.29) is 17.7 Å². The summed E-state index contributed by atoms with van der Waals surface area (Å²) in [6.45, 7) is 1.60. The minimum atomic E-state index is -2.86. The Hall–Kier alpha value is -1.89. The summed E-state index contributed by atoms with van der Waals surface area (Å²) in [6.07, 6.45) is 0.727. The number of alkyl halides is 2. The number of benzene rings is 1. The van der Waals surface area contributed by atoms with E-state index >= 15 is 0 Å². The predicted octanol–water partition coefficient (Wildman–Crippen LogP) is 1.72. The molecule has 7 heteroatoms. The monoisotopic (exact) mass is 313 g/mol. The number of hydrogen-bond acceptors (Lipinski definition) is 4. The van der Waals surface area contributed by atoms with Gasteiger partial charge < -0.3 is 20.7 Å². The molecule has 1 atom stereocenters. The molecule has 0 spiro atoms. The molecule has 1 aromatic carbocycles. The Kier molecular flexibility index (Phi) is 4.85. The Labute approximate surface area is 128 Å². The third kappa shape index (κ3) is 4.07. The maximum absolute atomic E-state index is 12.5. The van der Waals surface area contributed by atoms with E-state index in [1.54, 1.807) is 32.0 Å². The molecule has 22 heavy (non-hydrogen) atoms. The number of halogens is 2. The molecule has 0 saturated carbocycles.